The van der Waals surface area contributed by atoms with Gasteiger partial charge in [-0.15, -0.1) is 0 Å². The summed E-state index contributed by atoms with van der Waals surface area (Å²) in [6.45, 7) is 0.129. The summed E-state index contributed by atoms with van der Waals surface area (Å²) >= 11 is 0. The number of carbonyl (C=O) groups is 1. The first-order chi connectivity index (χ1) is 12.3. The van der Waals surface area contributed by atoms with E-state index in [1.807, 2.05) is 6.07 Å². The molecule has 0 unspecified atom stereocenters. The number of methoxy groups -OCH3 is 2. The van der Waals surface area contributed by atoms with Crippen LogP contribution in [0.4, 0.5) is 5.69 Å². The first-order valence-electron chi connectivity index (χ1n) is 7.61. The number of nitrogens with two attached hydrogens (primary N) is 1. The van der Waals surface area contributed by atoms with Crippen molar-refractivity contribution in [1.29, 1.82) is 0 Å². The van der Waals surface area contributed by atoms with E-state index in [1.54, 1.807) is 18.2 Å². The van der Waals surface area contributed by atoms with Gasteiger partial charge in [-0.1, -0.05) is 12.1 Å². The summed E-state index contributed by atoms with van der Waals surface area (Å²) in [5.41, 5.74) is 0.289. The molecule has 0 aliphatic heterocycles. The van der Waals surface area contributed by atoms with Crippen molar-refractivity contribution in [3.05, 3.63) is 42.5 Å². The summed E-state index contributed by atoms with van der Waals surface area (Å²) in [4.78, 5) is 11.8. The Morgan fingerprint density at radius 1 is 1.04 bits per heavy atom. The highest BCUT2D eigenvalue weighted by Gasteiger charge is 2.16. The molecule has 8 nitrogen and oxygen atoms in total. The number of nitrogens with one attached hydrogen (secondary N) is 1. The Labute approximate surface area is 151 Å². The highest BCUT2D eigenvalue weighted by Crippen LogP contribution is 2.27. The van der Waals surface area contributed by atoms with Gasteiger partial charge in [0.1, 0.15) is 10.6 Å². The predicted molar refractivity (Wildman–Crippen MR) is 96.1 cm³/mol. The molecule has 2 aromatic rings. The van der Waals surface area contributed by atoms with Gasteiger partial charge in [-0.2, -0.15) is 0 Å². The van der Waals surface area contributed by atoms with Crippen LogP contribution in [0.1, 0.15) is 6.42 Å². The molecule has 0 bridgehead atoms. The van der Waals surface area contributed by atoms with Crippen LogP contribution in [-0.4, -0.2) is 35.2 Å². The molecule has 0 aromatic heterocycles. The van der Waals surface area contributed by atoms with E-state index in [-0.39, 0.29) is 35.3 Å². The van der Waals surface area contributed by atoms with Gasteiger partial charge in [0.05, 0.1) is 27.2 Å². The van der Waals surface area contributed by atoms with Crippen molar-refractivity contribution in [2.45, 2.75) is 11.3 Å². The monoisotopic (exact) mass is 380 g/mol. The molecule has 0 aliphatic carbocycles. The number of hydrogen-bond donors (Lipinski definition) is 2. The number of amides is 1. The number of primary sulfonamides is 1. The fourth-order valence-corrected chi connectivity index (χ4v) is 2.92. The van der Waals surface area contributed by atoms with Crippen molar-refractivity contribution < 1.29 is 27.4 Å². The lowest BCUT2D eigenvalue weighted by atomic mass is 10.3. The van der Waals surface area contributed by atoms with Gasteiger partial charge in [-0.05, 0) is 30.3 Å². The van der Waals surface area contributed by atoms with Crippen LogP contribution in [0.5, 0.6) is 17.2 Å². The van der Waals surface area contributed by atoms with Crippen LogP contribution >= 0.6 is 0 Å². The molecular formula is C17H20N2O6S. The minimum absolute atomic E-state index is 0.0643. The fourth-order valence-electron chi connectivity index (χ4n) is 2.19. The number of sulfonamides is 1. The van der Waals surface area contributed by atoms with Gasteiger partial charge in [0.25, 0.3) is 0 Å². The third-order valence-electron chi connectivity index (χ3n) is 3.41. The number of para-hydroxylation sites is 2. The van der Waals surface area contributed by atoms with E-state index < -0.39 is 10.0 Å². The smallest absolute Gasteiger partial charge is 0.241 e. The van der Waals surface area contributed by atoms with Crippen molar-refractivity contribution in [1.82, 2.24) is 0 Å². The zero-order valence-corrected chi connectivity index (χ0v) is 15.2. The van der Waals surface area contributed by atoms with Gasteiger partial charge in [0.2, 0.25) is 15.9 Å². The minimum atomic E-state index is -3.98. The van der Waals surface area contributed by atoms with Gasteiger partial charge < -0.3 is 19.5 Å². The number of benzene rings is 2. The van der Waals surface area contributed by atoms with Crippen molar-refractivity contribution >= 4 is 21.6 Å². The lowest BCUT2D eigenvalue weighted by Gasteiger charge is -2.12. The van der Waals surface area contributed by atoms with Gasteiger partial charge in [0, 0.05) is 5.69 Å². The first-order valence-corrected chi connectivity index (χ1v) is 9.16. The molecule has 2 aromatic carbocycles. The van der Waals surface area contributed by atoms with E-state index in [1.165, 1.54) is 32.4 Å². The second-order valence-corrected chi connectivity index (χ2v) is 6.74. The van der Waals surface area contributed by atoms with Crippen molar-refractivity contribution in [2.75, 3.05) is 26.1 Å². The van der Waals surface area contributed by atoms with Gasteiger partial charge in [0.15, 0.2) is 11.5 Å². The van der Waals surface area contributed by atoms with Gasteiger partial charge >= 0.3 is 0 Å². The summed E-state index contributed by atoms with van der Waals surface area (Å²) in [5.74, 6) is 0.861. The van der Waals surface area contributed by atoms with Gasteiger partial charge in [-0.25, -0.2) is 13.6 Å². The molecule has 140 valence electrons. The van der Waals surface area contributed by atoms with E-state index in [9.17, 15) is 13.2 Å². The topological polar surface area (TPSA) is 117 Å². The van der Waals surface area contributed by atoms with Crippen LogP contribution in [0.25, 0.3) is 0 Å². The zero-order valence-electron chi connectivity index (χ0n) is 14.4. The SMILES string of the molecule is COc1ccccc1OCCC(=O)Nc1ccc(OC)c(S(N)(=O)=O)c1. The molecule has 0 saturated carbocycles. The second kappa shape index (κ2) is 8.54. The highest BCUT2D eigenvalue weighted by atomic mass is 32.2. The molecule has 2 rings (SSSR count). The number of anilines is 1. The first kappa shape index (κ1) is 19.5. The zero-order chi connectivity index (χ0) is 19.2. The maximum Gasteiger partial charge on any atom is 0.241 e. The van der Waals surface area contributed by atoms with E-state index >= 15 is 0 Å². The van der Waals surface area contributed by atoms with Crippen LogP contribution in [0.2, 0.25) is 0 Å². The van der Waals surface area contributed by atoms with Crippen molar-refractivity contribution in [3.63, 3.8) is 0 Å². The molecule has 26 heavy (non-hydrogen) atoms. The Hall–Kier alpha value is -2.78. The molecule has 3 N–H and O–H groups in total. The molecule has 0 heterocycles. The number of rotatable bonds is 8. The van der Waals surface area contributed by atoms with E-state index in [0.29, 0.717) is 11.5 Å². The summed E-state index contributed by atoms with van der Waals surface area (Å²) in [6.07, 6.45) is 0.0643. The van der Waals surface area contributed by atoms with Crippen LogP contribution in [0.3, 0.4) is 0 Å². The fraction of sp³-hybridized carbons (Fsp3) is 0.235. The standard InChI is InChI=1S/C17H20N2O6S/c1-23-13-5-3-4-6-14(13)25-10-9-17(20)19-12-7-8-15(24-2)16(11-12)26(18,21)22/h3-8,11H,9-10H2,1-2H3,(H,19,20)(H2,18,21,22). The van der Waals surface area contributed by atoms with Crippen LogP contribution in [0.15, 0.2) is 47.4 Å². The second-order valence-electron chi connectivity index (χ2n) is 5.21. The summed E-state index contributed by atoms with van der Waals surface area (Å²) < 4.78 is 38.8. The quantitative estimate of drug-likeness (QED) is 0.721. The molecule has 9 heteroatoms. The third-order valence-corrected chi connectivity index (χ3v) is 4.34. The van der Waals surface area contributed by atoms with Crippen LogP contribution < -0.4 is 24.7 Å². The van der Waals surface area contributed by atoms with Crippen molar-refractivity contribution in [2.24, 2.45) is 5.14 Å². The number of ether oxygens (including phenoxy) is 3. The molecular weight excluding hydrogens is 360 g/mol. The van der Waals surface area contributed by atoms with E-state index in [4.69, 9.17) is 19.3 Å². The Balaban J connectivity index is 1.98. The Morgan fingerprint density at radius 2 is 1.69 bits per heavy atom. The minimum Gasteiger partial charge on any atom is -0.495 e. The maximum absolute atomic E-state index is 12.0. The van der Waals surface area contributed by atoms with Crippen LogP contribution in [-0.2, 0) is 14.8 Å². The average molecular weight is 380 g/mol. The lowest BCUT2D eigenvalue weighted by Crippen LogP contribution is -2.17. The van der Waals surface area contributed by atoms with E-state index in [2.05, 4.69) is 5.32 Å². The highest BCUT2D eigenvalue weighted by molar-refractivity contribution is 7.89. The third kappa shape index (κ3) is 5.11. The predicted octanol–water partition coefficient (Wildman–Crippen LogP) is 1.76. The van der Waals surface area contributed by atoms with Gasteiger partial charge in [-0.3, -0.25) is 4.79 Å². The average Bonchev–Trinajstić information content (AvgIpc) is 2.61. The maximum atomic E-state index is 12.0. The Bertz CT molecular complexity index is 883. The summed E-state index contributed by atoms with van der Waals surface area (Å²) in [6, 6.07) is 11.3. The molecule has 0 fully saturated rings. The summed E-state index contributed by atoms with van der Waals surface area (Å²) in [5, 5.41) is 7.75. The Kier molecular flexibility index (Phi) is 6.42. The molecule has 0 saturated heterocycles. The van der Waals surface area contributed by atoms with Crippen molar-refractivity contribution in [3.8, 4) is 17.2 Å². The summed E-state index contributed by atoms with van der Waals surface area (Å²) in [7, 11) is -1.12. The Morgan fingerprint density at radius 3 is 2.31 bits per heavy atom. The molecule has 0 aliphatic rings. The largest absolute Gasteiger partial charge is 0.495 e. The molecule has 0 radical (unpaired) electrons. The molecule has 0 atom stereocenters. The van der Waals surface area contributed by atoms with E-state index in [0.717, 1.165) is 0 Å². The van der Waals surface area contributed by atoms with Crippen LogP contribution in [0, 0.1) is 0 Å². The lowest BCUT2D eigenvalue weighted by molar-refractivity contribution is -0.116. The molecule has 1 amide bonds. The number of hydrogen-bond acceptors (Lipinski definition) is 6. The molecule has 0 spiro atoms. The number of carbonyl (C=O) groups excluding carboxylic acids is 1. The normalized spacial score (nSPS) is 10.9.